The summed E-state index contributed by atoms with van der Waals surface area (Å²) in [6, 6.07) is 7.49. The zero-order valence-corrected chi connectivity index (χ0v) is 10.9. The van der Waals surface area contributed by atoms with Crippen LogP contribution in [0.1, 0.15) is 29.0 Å². The van der Waals surface area contributed by atoms with E-state index in [1.807, 2.05) is 18.3 Å². The molecule has 2 heterocycles. The summed E-state index contributed by atoms with van der Waals surface area (Å²) in [7, 11) is 1.39. The van der Waals surface area contributed by atoms with Crippen molar-refractivity contribution in [1.29, 1.82) is 0 Å². The Bertz CT molecular complexity index is 599. The molecule has 0 bridgehead atoms. The lowest BCUT2D eigenvalue weighted by atomic mass is 10.1. The van der Waals surface area contributed by atoms with Gasteiger partial charge in [0.25, 0.3) is 0 Å². The van der Waals surface area contributed by atoms with Crippen molar-refractivity contribution in [3.63, 3.8) is 0 Å². The monoisotopic (exact) mass is 256 g/mol. The molecule has 0 atom stereocenters. The van der Waals surface area contributed by atoms with Crippen molar-refractivity contribution in [3.8, 4) is 11.3 Å². The van der Waals surface area contributed by atoms with E-state index in [9.17, 15) is 4.79 Å². The summed E-state index contributed by atoms with van der Waals surface area (Å²) in [5.41, 5.74) is 2.80. The highest BCUT2D eigenvalue weighted by Crippen LogP contribution is 2.25. The number of aryl methyl sites for hydroxylation is 1. The molecule has 1 aromatic heterocycles. The number of carbonyl (C=O) groups excluding carboxylic acids is 1. The minimum Gasteiger partial charge on any atom is -0.465 e. The van der Waals surface area contributed by atoms with Crippen LogP contribution in [0.25, 0.3) is 11.3 Å². The Morgan fingerprint density at radius 2 is 2.05 bits per heavy atom. The van der Waals surface area contributed by atoms with Gasteiger partial charge in [0.2, 0.25) is 0 Å². The molecule has 0 amide bonds. The van der Waals surface area contributed by atoms with E-state index in [1.165, 1.54) is 25.8 Å². The molecule has 0 unspecified atom stereocenters. The fourth-order valence-electron chi connectivity index (χ4n) is 2.54. The number of ether oxygens (including phenoxy) is 1. The average molecular weight is 256 g/mol. The molecular weight excluding hydrogens is 240 g/mol. The fraction of sp³-hybridized carbons (Fsp3) is 0.333. The Morgan fingerprint density at radius 1 is 1.26 bits per heavy atom. The smallest absolute Gasteiger partial charge is 0.337 e. The lowest BCUT2D eigenvalue weighted by molar-refractivity contribution is 0.0601. The van der Waals surface area contributed by atoms with Gasteiger partial charge in [0.05, 0.1) is 24.6 Å². The minimum atomic E-state index is -0.304. The van der Waals surface area contributed by atoms with Gasteiger partial charge in [-0.05, 0) is 30.5 Å². The molecule has 0 saturated heterocycles. The van der Waals surface area contributed by atoms with Gasteiger partial charge < -0.3 is 9.30 Å². The molecule has 0 fully saturated rings. The van der Waals surface area contributed by atoms with Crippen LogP contribution in [0.2, 0.25) is 0 Å². The van der Waals surface area contributed by atoms with Crippen LogP contribution in [0.5, 0.6) is 0 Å². The van der Waals surface area contributed by atoms with Crippen LogP contribution < -0.4 is 0 Å². The number of carbonyl (C=O) groups is 1. The second-order valence-corrected chi connectivity index (χ2v) is 4.74. The number of esters is 1. The first-order chi connectivity index (χ1) is 9.29. The normalized spacial score (nSPS) is 13.9. The van der Waals surface area contributed by atoms with E-state index in [2.05, 4.69) is 9.55 Å². The Labute approximate surface area is 112 Å². The first-order valence-electron chi connectivity index (χ1n) is 6.53. The third kappa shape index (κ3) is 2.14. The highest BCUT2D eigenvalue weighted by Gasteiger charge is 2.15. The third-order valence-corrected chi connectivity index (χ3v) is 3.57. The number of methoxy groups -OCH3 is 1. The van der Waals surface area contributed by atoms with Crippen molar-refractivity contribution in [2.24, 2.45) is 0 Å². The van der Waals surface area contributed by atoms with Crippen LogP contribution in [0, 0.1) is 0 Å². The predicted molar refractivity (Wildman–Crippen MR) is 71.9 cm³/mol. The second-order valence-electron chi connectivity index (χ2n) is 4.74. The third-order valence-electron chi connectivity index (χ3n) is 3.57. The summed E-state index contributed by atoms with van der Waals surface area (Å²) in [6.45, 7) is 1.03. The number of imidazole rings is 1. The number of nitrogens with zero attached hydrogens (tertiary/aromatic N) is 2. The molecule has 4 heteroatoms. The van der Waals surface area contributed by atoms with Gasteiger partial charge in [-0.3, -0.25) is 0 Å². The highest BCUT2D eigenvalue weighted by molar-refractivity contribution is 5.89. The Kier molecular flexibility index (Phi) is 3.07. The van der Waals surface area contributed by atoms with Gasteiger partial charge in [-0.25, -0.2) is 9.78 Å². The van der Waals surface area contributed by atoms with Gasteiger partial charge in [0.15, 0.2) is 0 Å². The molecule has 1 aromatic carbocycles. The quantitative estimate of drug-likeness (QED) is 0.776. The molecule has 0 spiro atoms. The number of fused-ring (bicyclic) bond motifs is 1. The van der Waals surface area contributed by atoms with Crippen LogP contribution in [-0.4, -0.2) is 22.6 Å². The molecule has 0 aliphatic carbocycles. The number of benzene rings is 1. The van der Waals surface area contributed by atoms with Crippen molar-refractivity contribution in [2.45, 2.75) is 25.8 Å². The van der Waals surface area contributed by atoms with E-state index in [0.29, 0.717) is 5.56 Å². The fourth-order valence-corrected chi connectivity index (χ4v) is 2.54. The summed E-state index contributed by atoms with van der Waals surface area (Å²) in [4.78, 5) is 15.9. The van der Waals surface area contributed by atoms with Gasteiger partial charge in [0.1, 0.15) is 5.82 Å². The lowest BCUT2D eigenvalue weighted by Crippen LogP contribution is -2.11. The molecule has 4 nitrogen and oxygen atoms in total. The molecule has 1 aliphatic rings. The van der Waals surface area contributed by atoms with Crippen LogP contribution >= 0.6 is 0 Å². The number of hydrogen-bond acceptors (Lipinski definition) is 3. The van der Waals surface area contributed by atoms with Crippen molar-refractivity contribution < 1.29 is 9.53 Å². The molecule has 3 rings (SSSR count). The first kappa shape index (κ1) is 12.0. The van der Waals surface area contributed by atoms with Crippen LogP contribution in [0.15, 0.2) is 30.5 Å². The second kappa shape index (κ2) is 4.88. The Morgan fingerprint density at radius 3 is 2.79 bits per heavy atom. The Balaban J connectivity index is 1.94. The van der Waals surface area contributed by atoms with Gasteiger partial charge in [-0.1, -0.05) is 12.1 Å². The van der Waals surface area contributed by atoms with E-state index in [1.54, 1.807) is 12.1 Å². The maximum Gasteiger partial charge on any atom is 0.337 e. The molecule has 1 aliphatic heterocycles. The van der Waals surface area contributed by atoms with Gasteiger partial charge in [0, 0.05) is 13.0 Å². The lowest BCUT2D eigenvalue weighted by Gasteiger charge is -2.16. The summed E-state index contributed by atoms with van der Waals surface area (Å²) in [6.07, 6.45) is 5.41. The van der Waals surface area contributed by atoms with Crippen LogP contribution in [0.4, 0.5) is 0 Å². The van der Waals surface area contributed by atoms with Crippen molar-refractivity contribution in [1.82, 2.24) is 9.55 Å². The van der Waals surface area contributed by atoms with E-state index >= 15 is 0 Å². The molecule has 98 valence electrons. The van der Waals surface area contributed by atoms with Crippen LogP contribution in [0.3, 0.4) is 0 Å². The zero-order chi connectivity index (χ0) is 13.2. The standard InChI is InChI=1S/C15H16N2O2/c1-19-15(18)12-7-5-11(6-8-12)13-10-16-14-4-2-3-9-17(13)14/h5-8,10H,2-4,9H2,1H3. The molecule has 2 aromatic rings. The summed E-state index contributed by atoms with van der Waals surface area (Å²) < 4.78 is 6.98. The molecule has 0 radical (unpaired) electrons. The van der Waals surface area contributed by atoms with Crippen molar-refractivity contribution in [3.05, 3.63) is 41.9 Å². The molecule has 0 saturated carbocycles. The van der Waals surface area contributed by atoms with E-state index in [0.717, 1.165) is 24.2 Å². The summed E-state index contributed by atoms with van der Waals surface area (Å²) >= 11 is 0. The van der Waals surface area contributed by atoms with Gasteiger partial charge in [-0.2, -0.15) is 0 Å². The SMILES string of the molecule is COC(=O)c1ccc(-c2cnc3n2CCCC3)cc1. The number of hydrogen-bond donors (Lipinski definition) is 0. The maximum absolute atomic E-state index is 11.4. The largest absolute Gasteiger partial charge is 0.465 e. The van der Waals surface area contributed by atoms with Crippen molar-refractivity contribution in [2.75, 3.05) is 7.11 Å². The average Bonchev–Trinajstić information content (AvgIpc) is 2.90. The first-order valence-corrected chi connectivity index (χ1v) is 6.53. The summed E-state index contributed by atoms with van der Waals surface area (Å²) in [5.74, 6) is 0.861. The maximum atomic E-state index is 11.4. The van der Waals surface area contributed by atoms with Crippen molar-refractivity contribution >= 4 is 5.97 Å². The number of rotatable bonds is 2. The molecular formula is C15H16N2O2. The summed E-state index contributed by atoms with van der Waals surface area (Å²) in [5, 5.41) is 0. The van der Waals surface area contributed by atoms with Gasteiger partial charge in [-0.15, -0.1) is 0 Å². The van der Waals surface area contributed by atoms with Crippen LogP contribution in [-0.2, 0) is 17.7 Å². The molecule has 0 N–H and O–H groups in total. The van der Waals surface area contributed by atoms with E-state index in [-0.39, 0.29) is 5.97 Å². The Hall–Kier alpha value is -2.10. The highest BCUT2D eigenvalue weighted by atomic mass is 16.5. The minimum absolute atomic E-state index is 0.304. The van der Waals surface area contributed by atoms with E-state index in [4.69, 9.17) is 4.74 Å². The topological polar surface area (TPSA) is 44.1 Å². The van der Waals surface area contributed by atoms with Gasteiger partial charge >= 0.3 is 5.97 Å². The molecule has 19 heavy (non-hydrogen) atoms. The zero-order valence-electron chi connectivity index (χ0n) is 10.9. The predicted octanol–water partition coefficient (Wildman–Crippen LogP) is 2.67. The number of aromatic nitrogens is 2. The van der Waals surface area contributed by atoms with E-state index < -0.39 is 0 Å².